The normalized spacial score (nSPS) is 21.3. The highest BCUT2D eigenvalue weighted by Gasteiger charge is 2.25. The van der Waals surface area contributed by atoms with E-state index in [1.54, 1.807) is 6.26 Å². The molecule has 5 nitrogen and oxygen atoms in total. The Bertz CT molecular complexity index is 465. The summed E-state index contributed by atoms with van der Waals surface area (Å²) in [6.07, 6.45) is 4.48. The number of rotatable bonds is 3. The van der Waals surface area contributed by atoms with Crippen LogP contribution in [0.2, 0.25) is 0 Å². The molecule has 1 amide bonds. The second kappa shape index (κ2) is 7.18. The van der Waals surface area contributed by atoms with Crippen LogP contribution in [0.25, 0.3) is 0 Å². The van der Waals surface area contributed by atoms with Gasteiger partial charge in [0.05, 0.1) is 12.3 Å². The van der Waals surface area contributed by atoms with Crippen molar-refractivity contribution in [2.45, 2.75) is 64.6 Å². The molecule has 1 aliphatic heterocycles. The monoisotopic (exact) mass is 308 g/mol. The van der Waals surface area contributed by atoms with E-state index >= 15 is 0 Å². The smallest absolute Gasteiger partial charge is 0.410 e. The molecule has 0 bridgehead atoms. The number of carbonyl (C=O) groups is 1. The minimum atomic E-state index is -0.436. The van der Waals surface area contributed by atoms with Crippen molar-refractivity contribution < 1.29 is 13.9 Å². The van der Waals surface area contributed by atoms with Crippen LogP contribution in [0, 0.1) is 0 Å². The number of furan rings is 1. The quantitative estimate of drug-likeness (QED) is 0.924. The van der Waals surface area contributed by atoms with Gasteiger partial charge >= 0.3 is 6.09 Å². The minimum absolute atomic E-state index is 0.188. The van der Waals surface area contributed by atoms with Crippen molar-refractivity contribution in [1.29, 1.82) is 0 Å². The van der Waals surface area contributed by atoms with E-state index in [-0.39, 0.29) is 12.1 Å². The van der Waals surface area contributed by atoms with Gasteiger partial charge in [-0.1, -0.05) is 0 Å². The van der Waals surface area contributed by atoms with Crippen LogP contribution >= 0.6 is 0 Å². The van der Waals surface area contributed by atoms with E-state index in [9.17, 15) is 4.79 Å². The van der Waals surface area contributed by atoms with E-state index in [4.69, 9.17) is 9.15 Å². The van der Waals surface area contributed by atoms with Crippen LogP contribution in [-0.4, -0.2) is 35.7 Å². The van der Waals surface area contributed by atoms with Gasteiger partial charge in [-0.05, 0) is 59.1 Å². The number of amides is 1. The number of ether oxygens (including phenoxy) is 1. The molecule has 22 heavy (non-hydrogen) atoms. The first kappa shape index (κ1) is 16.9. The molecule has 1 unspecified atom stereocenters. The van der Waals surface area contributed by atoms with Crippen molar-refractivity contribution in [3.63, 3.8) is 0 Å². The van der Waals surface area contributed by atoms with E-state index < -0.39 is 5.60 Å². The van der Waals surface area contributed by atoms with Crippen LogP contribution in [0.15, 0.2) is 22.8 Å². The van der Waals surface area contributed by atoms with Crippen molar-refractivity contribution >= 4 is 6.09 Å². The van der Waals surface area contributed by atoms with Crippen LogP contribution < -0.4 is 5.32 Å². The summed E-state index contributed by atoms with van der Waals surface area (Å²) in [5.41, 5.74) is -0.436. The zero-order chi connectivity index (χ0) is 16.2. The van der Waals surface area contributed by atoms with E-state index in [1.807, 2.05) is 37.8 Å². The molecule has 0 aromatic carbocycles. The van der Waals surface area contributed by atoms with Gasteiger partial charge in [0.25, 0.3) is 0 Å². The Kier molecular flexibility index (Phi) is 5.51. The summed E-state index contributed by atoms with van der Waals surface area (Å²) in [4.78, 5) is 14.0. The predicted molar refractivity (Wildman–Crippen MR) is 85.7 cm³/mol. The number of hydrogen-bond donors (Lipinski definition) is 1. The molecule has 2 rings (SSSR count). The van der Waals surface area contributed by atoms with E-state index in [0.29, 0.717) is 6.04 Å². The third-order valence-corrected chi connectivity index (χ3v) is 3.84. The molecule has 1 saturated heterocycles. The van der Waals surface area contributed by atoms with Gasteiger partial charge in [0.15, 0.2) is 0 Å². The lowest BCUT2D eigenvalue weighted by atomic mass is 10.1. The maximum atomic E-state index is 12.2. The number of hydrogen-bond acceptors (Lipinski definition) is 4. The highest BCUT2D eigenvalue weighted by Crippen LogP contribution is 2.19. The number of nitrogens with zero attached hydrogens (tertiary/aromatic N) is 1. The summed E-state index contributed by atoms with van der Waals surface area (Å²) in [6, 6.07) is 4.48. The molecule has 1 aromatic heterocycles. The second-order valence-corrected chi connectivity index (χ2v) is 7.00. The molecular weight excluding hydrogens is 280 g/mol. The average molecular weight is 308 g/mol. The van der Waals surface area contributed by atoms with Crippen LogP contribution in [0.4, 0.5) is 4.79 Å². The molecule has 1 N–H and O–H groups in total. The van der Waals surface area contributed by atoms with Crippen LogP contribution in [0.5, 0.6) is 0 Å². The van der Waals surface area contributed by atoms with Crippen LogP contribution in [-0.2, 0) is 4.74 Å². The van der Waals surface area contributed by atoms with Crippen LogP contribution in [0.1, 0.15) is 58.8 Å². The van der Waals surface area contributed by atoms with Crippen molar-refractivity contribution in [3.05, 3.63) is 24.2 Å². The summed E-state index contributed by atoms with van der Waals surface area (Å²) in [5.74, 6) is 0.952. The molecule has 2 atom stereocenters. The number of nitrogens with one attached hydrogen (secondary N) is 1. The maximum absolute atomic E-state index is 12.2. The molecule has 1 aliphatic rings. The van der Waals surface area contributed by atoms with Crippen molar-refractivity contribution in [2.75, 3.05) is 13.1 Å². The lowest BCUT2D eigenvalue weighted by Crippen LogP contribution is -2.38. The summed E-state index contributed by atoms with van der Waals surface area (Å²) < 4.78 is 10.9. The summed E-state index contributed by atoms with van der Waals surface area (Å²) >= 11 is 0. The van der Waals surface area contributed by atoms with Crippen molar-refractivity contribution in [1.82, 2.24) is 10.2 Å². The van der Waals surface area contributed by atoms with E-state index in [1.165, 1.54) is 0 Å². The Morgan fingerprint density at radius 2 is 2.18 bits per heavy atom. The fourth-order valence-corrected chi connectivity index (χ4v) is 2.75. The minimum Gasteiger partial charge on any atom is -0.468 e. The lowest BCUT2D eigenvalue weighted by Gasteiger charge is -2.26. The SMILES string of the molecule is C[C@H](NC1CCCN(C(=O)OC(C)(C)C)CC1)c1ccco1. The molecule has 1 aromatic rings. The first-order valence-corrected chi connectivity index (χ1v) is 8.12. The fraction of sp³-hybridized carbons (Fsp3) is 0.706. The summed E-state index contributed by atoms with van der Waals surface area (Å²) in [5, 5.41) is 3.60. The maximum Gasteiger partial charge on any atom is 0.410 e. The van der Waals surface area contributed by atoms with Gasteiger partial charge in [-0.3, -0.25) is 0 Å². The Hall–Kier alpha value is -1.49. The zero-order valence-corrected chi connectivity index (χ0v) is 14.1. The van der Waals surface area contributed by atoms with Crippen molar-refractivity contribution in [3.8, 4) is 0 Å². The zero-order valence-electron chi connectivity index (χ0n) is 14.1. The molecule has 0 aliphatic carbocycles. The number of likely N-dealkylation sites (tertiary alicyclic amines) is 1. The molecule has 124 valence electrons. The Morgan fingerprint density at radius 1 is 1.41 bits per heavy atom. The van der Waals surface area contributed by atoms with Crippen LogP contribution in [0.3, 0.4) is 0 Å². The lowest BCUT2D eigenvalue weighted by molar-refractivity contribution is 0.0256. The first-order chi connectivity index (χ1) is 10.3. The van der Waals surface area contributed by atoms with E-state index in [0.717, 1.165) is 38.1 Å². The Morgan fingerprint density at radius 3 is 2.82 bits per heavy atom. The predicted octanol–water partition coefficient (Wildman–Crippen LogP) is 3.72. The largest absolute Gasteiger partial charge is 0.468 e. The Labute approximate surface area is 133 Å². The van der Waals surface area contributed by atoms with E-state index in [2.05, 4.69) is 12.2 Å². The van der Waals surface area contributed by atoms with Gasteiger partial charge in [0, 0.05) is 19.1 Å². The molecule has 0 spiro atoms. The van der Waals surface area contributed by atoms with Gasteiger partial charge in [-0.25, -0.2) is 4.79 Å². The highest BCUT2D eigenvalue weighted by atomic mass is 16.6. The summed E-state index contributed by atoms with van der Waals surface area (Å²) in [7, 11) is 0. The highest BCUT2D eigenvalue weighted by molar-refractivity contribution is 5.68. The topological polar surface area (TPSA) is 54.7 Å². The molecule has 2 heterocycles. The third kappa shape index (κ3) is 5.05. The average Bonchev–Trinajstić information content (AvgIpc) is 2.84. The van der Waals surface area contributed by atoms with Gasteiger partial charge in [0.1, 0.15) is 11.4 Å². The first-order valence-electron chi connectivity index (χ1n) is 8.12. The molecular formula is C17H28N2O3. The van der Waals surface area contributed by atoms with Gasteiger partial charge in [-0.15, -0.1) is 0 Å². The van der Waals surface area contributed by atoms with Gasteiger partial charge < -0.3 is 19.4 Å². The standard InChI is InChI=1S/C17H28N2O3/c1-13(15-8-6-12-21-15)18-14-7-5-10-19(11-9-14)16(20)22-17(2,3)4/h6,8,12-14,18H,5,7,9-11H2,1-4H3/t13-,14?/m0/s1. The van der Waals surface area contributed by atoms with Gasteiger partial charge in [0.2, 0.25) is 0 Å². The van der Waals surface area contributed by atoms with Crippen molar-refractivity contribution in [2.24, 2.45) is 0 Å². The third-order valence-electron chi connectivity index (χ3n) is 3.84. The Balaban J connectivity index is 1.83. The number of carbonyl (C=O) groups excluding carboxylic acids is 1. The summed E-state index contributed by atoms with van der Waals surface area (Å²) in [6.45, 7) is 9.31. The molecule has 1 fully saturated rings. The molecule has 0 saturated carbocycles. The van der Waals surface area contributed by atoms with Gasteiger partial charge in [-0.2, -0.15) is 0 Å². The second-order valence-electron chi connectivity index (χ2n) is 7.00. The molecule has 0 radical (unpaired) electrons. The fourth-order valence-electron chi connectivity index (χ4n) is 2.75. The molecule has 5 heteroatoms.